The summed E-state index contributed by atoms with van der Waals surface area (Å²) in [5.74, 6) is -4.87. The van der Waals surface area contributed by atoms with Crippen molar-refractivity contribution in [1.29, 1.82) is 0 Å². The van der Waals surface area contributed by atoms with Gasteiger partial charge in [-0.3, -0.25) is 14.4 Å². The highest BCUT2D eigenvalue weighted by atomic mass is 79.9. The van der Waals surface area contributed by atoms with Gasteiger partial charge in [0.25, 0.3) is 0 Å². The van der Waals surface area contributed by atoms with E-state index >= 15 is 0 Å². The second-order valence-corrected chi connectivity index (χ2v) is 8.33. The molecule has 0 aliphatic carbocycles. The van der Waals surface area contributed by atoms with Crippen LogP contribution in [-0.2, 0) is 16.0 Å². The molecule has 1 heterocycles. The van der Waals surface area contributed by atoms with Crippen LogP contribution in [0.2, 0.25) is 0 Å². The highest BCUT2D eigenvalue weighted by molar-refractivity contribution is 9.11. The van der Waals surface area contributed by atoms with Crippen LogP contribution >= 0.6 is 31.9 Å². The molecule has 0 amide bonds. The predicted molar refractivity (Wildman–Crippen MR) is 118 cm³/mol. The van der Waals surface area contributed by atoms with Crippen LogP contribution in [0.15, 0.2) is 25.5 Å². The second kappa shape index (κ2) is 8.83. The first-order chi connectivity index (χ1) is 15.0. The lowest BCUT2D eigenvalue weighted by Crippen LogP contribution is -2.07. The van der Waals surface area contributed by atoms with Crippen molar-refractivity contribution in [2.75, 3.05) is 0 Å². The first kappa shape index (κ1) is 23.6. The largest absolute Gasteiger partial charge is 0.504 e. The number of carbonyl (C=O) groups is 3. The Morgan fingerprint density at radius 3 is 1.94 bits per heavy atom. The lowest BCUT2D eigenvalue weighted by atomic mass is 9.98. The van der Waals surface area contributed by atoms with Gasteiger partial charge in [-0.15, -0.1) is 0 Å². The summed E-state index contributed by atoms with van der Waals surface area (Å²) in [4.78, 5) is 36.0. The zero-order chi connectivity index (χ0) is 23.9. The number of rotatable bonds is 5. The van der Waals surface area contributed by atoms with Gasteiger partial charge in [-0.25, -0.2) is 0 Å². The zero-order valence-electron chi connectivity index (χ0n) is 16.9. The smallest absolute Gasteiger partial charge is 0.308 e. The van der Waals surface area contributed by atoms with Gasteiger partial charge < -0.3 is 29.2 Å². The van der Waals surface area contributed by atoms with Crippen molar-refractivity contribution in [3.05, 3.63) is 38.0 Å². The van der Waals surface area contributed by atoms with Crippen LogP contribution < -0.4 is 9.47 Å². The van der Waals surface area contributed by atoms with Crippen molar-refractivity contribution in [3.8, 4) is 28.7 Å². The van der Waals surface area contributed by atoms with Crippen molar-refractivity contribution in [2.45, 2.75) is 27.2 Å². The fourth-order valence-electron chi connectivity index (χ4n) is 3.12. The summed E-state index contributed by atoms with van der Waals surface area (Å²) in [6.07, 6.45) is 0.201. The number of fused-ring (bicyclic) bond motifs is 1. The molecule has 0 fully saturated rings. The Bertz CT molecular complexity index is 1270. The number of benzene rings is 2. The van der Waals surface area contributed by atoms with Crippen molar-refractivity contribution < 1.29 is 43.6 Å². The minimum atomic E-state index is -0.921. The topological polar surface area (TPSA) is 144 Å². The third-order valence-corrected chi connectivity index (χ3v) is 5.57. The van der Waals surface area contributed by atoms with E-state index in [1.165, 1.54) is 19.1 Å². The van der Waals surface area contributed by atoms with E-state index in [2.05, 4.69) is 31.9 Å². The van der Waals surface area contributed by atoms with E-state index < -0.39 is 40.7 Å². The average molecular weight is 572 g/mol. The summed E-state index contributed by atoms with van der Waals surface area (Å²) in [5, 5.41) is 31.1. The van der Waals surface area contributed by atoms with Crippen LogP contribution in [-0.4, -0.2) is 33.0 Å². The van der Waals surface area contributed by atoms with Crippen LogP contribution in [0.4, 0.5) is 0 Å². The van der Waals surface area contributed by atoms with Crippen LogP contribution in [0.25, 0.3) is 11.0 Å². The van der Waals surface area contributed by atoms with Crippen LogP contribution in [0.5, 0.6) is 28.7 Å². The molecule has 3 aromatic rings. The quantitative estimate of drug-likeness (QED) is 0.130. The van der Waals surface area contributed by atoms with Crippen LogP contribution in [0, 0.1) is 0 Å². The van der Waals surface area contributed by atoms with Crippen LogP contribution in [0.1, 0.15) is 42.5 Å². The molecule has 0 saturated heterocycles. The highest BCUT2D eigenvalue weighted by Crippen LogP contribution is 2.52. The van der Waals surface area contributed by atoms with E-state index in [-0.39, 0.29) is 40.0 Å². The number of furan rings is 1. The Balaban J connectivity index is 2.26. The lowest BCUT2D eigenvalue weighted by Gasteiger charge is -2.11. The number of ether oxygens (including phenoxy) is 2. The van der Waals surface area contributed by atoms with E-state index in [0.717, 1.165) is 6.92 Å². The number of phenolic OH excluding ortho intramolecular Hbond substituents is 3. The van der Waals surface area contributed by atoms with Gasteiger partial charge in [0, 0.05) is 25.8 Å². The molecule has 0 aliphatic rings. The number of esters is 2. The molecule has 32 heavy (non-hydrogen) atoms. The molecule has 3 N–H and O–H groups in total. The third kappa shape index (κ3) is 4.05. The van der Waals surface area contributed by atoms with E-state index in [1.54, 1.807) is 6.92 Å². The number of carbonyl (C=O) groups excluding carboxylic acids is 3. The predicted octanol–water partition coefficient (Wildman–Crippen LogP) is 4.72. The Morgan fingerprint density at radius 2 is 1.44 bits per heavy atom. The number of hydrogen-bond donors (Lipinski definition) is 3. The summed E-state index contributed by atoms with van der Waals surface area (Å²) in [6, 6.07) is 2.82. The Labute approximate surface area is 197 Å². The minimum absolute atomic E-state index is 0.0981. The maximum Gasteiger partial charge on any atom is 0.308 e. The van der Waals surface area contributed by atoms with Gasteiger partial charge in [0.05, 0.1) is 19.9 Å². The average Bonchev–Trinajstić information content (AvgIpc) is 3.11. The van der Waals surface area contributed by atoms with E-state index in [4.69, 9.17) is 13.9 Å². The molecule has 1 aromatic heterocycles. The van der Waals surface area contributed by atoms with Gasteiger partial charge in [-0.1, -0.05) is 6.92 Å². The minimum Gasteiger partial charge on any atom is -0.504 e. The van der Waals surface area contributed by atoms with Crippen molar-refractivity contribution in [1.82, 2.24) is 0 Å². The van der Waals surface area contributed by atoms with Crippen molar-refractivity contribution in [3.63, 3.8) is 0 Å². The molecule has 0 saturated carbocycles. The number of aryl methyl sites for hydroxylation is 1. The maximum absolute atomic E-state index is 13.4. The lowest BCUT2D eigenvalue weighted by molar-refractivity contribution is -0.133. The molecule has 0 atom stereocenters. The molecule has 0 bridgehead atoms. The maximum atomic E-state index is 13.4. The summed E-state index contributed by atoms with van der Waals surface area (Å²) in [6.45, 7) is 3.96. The molecule has 11 heteroatoms. The third-order valence-electron chi connectivity index (χ3n) is 4.39. The van der Waals surface area contributed by atoms with Gasteiger partial charge in [0.1, 0.15) is 5.76 Å². The number of ketones is 1. The molecule has 9 nitrogen and oxygen atoms in total. The van der Waals surface area contributed by atoms with Gasteiger partial charge in [-0.2, -0.15) is 0 Å². The Kier molecular flexibility index (Phi) is 6.51. The van der Waals surface area contributed by atoms with Gasteiger partial charge in [-0.05, 0) is 44.0 Å². The molecular weight excluding hydrogens is 556 g/mol. The molecule has 2 aromatic carbocycles. The first-order valence-electron chi connectivity index (χ1n) is 9.10. The summed E-state index contributed by atoms with van der Waals surface area (Å²) in [7, 11) is 0. The number of aromatic hydroxyl groups is 3. The normalized spacial score (nSPS) is 10.9. The summed E-state index contributed by atoms with van der Waals surface area (Å²) >= 11 is 6.51. The molecule has 0 radical (unpaired) electrons. The molecule has 0 unspecified atom stereocenters. The zero-order valence-corrected chi connectivity index (χ0v) is 20.1. The fourth-order valence-corrected chi connectivity index (χ4v) is 4.47. The number of halogens is 2. The van der Waals surface area contributed by atoms with Crippen molar-refractivity contribution >= 4 is 60.6 Å². The summed E-state index contributed by atoms with van der Waals surface area (Å²) in [5.41, 5.74) is -0.301. The molecule has 0 aliphatic heterocycles. The second-order valence-electron chi connectivity index (χ2n) is 6.62. The van der Waals surface area contributed by atoms with Crippen LogP contribution in [0.3, 0.4) is 0 Å². The van der Waals surface area contributed by atoms with Gasteiger partial charge in [0.15, 0.2) is 22.9 Å². The molecule has 0 spiro atoms. The molecule has 3 rings (SSSR count). The fraction of sp³-hybridized carbons (Fsp3) is 0.190. The van der Waals surface area contributed by atoms with Gasteiger partial charge >= 0.3 is 11.9 Å². The van der Waals surface area contributed by atoms with Gasteiger partial charge in [0.2, 0.25) is 17.2 Å². The first-order valence-corrected chi connectivity index (χ1v) is 10.7. The number of phenols is 3. The SMILES string of the molecule is CCc1oc2c(O)c(OC(C)=O)c(O)c(O)c2c1C(=O)c1cc(Br)c(OC(C)=O)c(Br)c1. The molecule has 168 valence electrons. The van der Waals surface area contributed by atoms with Crippen molar-refractivity contribution in [2.24, 2.45) is 0 Å². The monoisotopic (exact) mass is 570 g/mol. The van der Waals surface area contributed by atoms with E-state index in [1.807, 2.05) is 0 Å². The Morgan fingerprint density at radius 1 is 0.906 bits per heavy atom. The highest BCUT2D eigenvalue weighted by Gasteiger charge is 2.31. The molecular formula is C21H16Br2O9. The Hall–Kier alpha value is -3.05. The number of hydrogen-bond acceptors (Lipinski definition) is 9. The standard InChI is InChI=1S/C21H16Br2O9/c1-4-12-13(15(26)9-5-10(22)19(11(23)6-9)30-7(2)24)14-16(27)17(28)21(31-8(3)25)18(29)20(14)32-12/h5-6,27-29H,4H2,1-3H3. The van der Waals surface area contributed by atoms with E-state index in [9.17, 15) is 29.7 Å². The summed E-state index contributed by atoms with van der Waals surface area (Å²) < 4.78 is 16.1. The van der Waals surface area contributed by atoms with E-state index in [0.29, 0.717) is 8.95 Å².